The smallest absolute Gasteiger partial charge is 0.138 e. The molecule has 1 N–H and O–H groups in total. The lowest BCUT2D eigenvalue weighted by Crippen LogP contribution is -2.39. The summed E-state index contributed by atoms with van der Waals surface area (Å²) in [4.78, 5) is 4.30. The molecule has 1 aliphatic heterocycles. The van der Waals surface area contributed by atoms with Gasteiger partial charge in [-0.1, -0.05) is 6.92 Å². The van der Waals surface area contributed by atoms with Crippen molar-refractivity contribution in [1.29, 1.82) is 0 Å². The van der Waals surface area contributed by atoms with E-state index in [0.29, 0.717) is 18.1 Å². The van der Waals surface area contributed by atoms with E-state index >= 15 is 0 Å². The van der Waals surface area contributed by atoms with Crippen LogP contribution in [0.15, 0.2) is 6.33 Å². The van der Waals surface area contributed by atoms with Crippen molar-refractivity contribution in [2.75, 3.05) is 13.2 Å². The molecule has 1 aromatic rings. The first kappa shape index (κ1) is 12.5. The van der Waals surface area contributed by atoms with E-state index in [1.165, 1.54) is 0 Å². The predicted molar refractivity (Wildman–Crippen MR) is 65.7 cm³/mol. The molecule has 1 fully saturated rings. The molecule has 5 nitrogen and oxygen atoms in total. The fourth-order valence-electron chi connectivity index (χ4n) is 2.50. The van der Waals surface area contributed by atoms with Crippen molar-refractivity contribution >= 4 is 0 Å². The molecular weight excluding hydrogens is 216 g/mol. The van der Waals surface area contributed by atoms with Gasteiger partial charge in [0.1, 0.15) is 12.2 Å². The van der Waals surface area contributed by atoms with Gasteiger partial charge in [0.25, 0.3) is 0 Å². The molecule has 0 aromatic carbocycles. The normalized spacial score (nSPS) is 26.3. The standard InChI is InChI=1S/C12H22N4O/c1-4-13-11(10-5-9(2)17-7-10)6-12-14-8-15-16(12)3/h8-11,13H,4-7H2,1-3H3. The Hall–Kier alpha value is -0.940. The molecule has 5 heteroatoms. The molecule has 0 bridgehead atoms. The van der Waals surface area contributed by atoms with E-state index < -0.39 is 0 Å². The molecule has 96 valence electrons. The minimum atomic E-state index is 0.389. The van der Waals surface area contributed by atoms with Gasteiger partial charge in [0.15, 0.2) is 0 Å². The van der Waals surface area contributed by atoms with Gasteiger partial charge in [-0.3, -0.25) is 4.68 Å². The van der Waals surface area contributed by atoms with E-state index in [2.05, 4.69) is 29.2 Å². The summed E-state index contributed by atoms with van der Waals surface area (Å²) in [5, 5.41) is 7.67. The molecule has 17 heavy (non-hydrogen) atoms. The first-order chi connectivity index (χ1) is 8.20. The van der Waals surface area contributed by atoms with Crippen LogP contribution in [0.5, 0.6) is 0 Å². The van der Waals surface area contributed by atoms with Crippen LogP contribution in [0.3, 0.4) is 0 Å². The number of aryl methyl sites for hydroxylation is 1. The minimum Gasteiger partial charge on any atom is -0.378 e. The number of nitrogens with zero attached hydrogens (tertiary/aromatic N) is 3. The largest absolute Gasteiger partial charge is 0.378 e. The van der Waals surface area contributed by atoms with E-state index in [1.54, 1.807) is 6.33 Å². The minimum absolute atomic E-state index is 0.389. The summed E-state index contributed by atoms with van der Waals surface area (Å²) >= 11 is 0. The monoisotopic (exact) mass is 238 g/mol. The van der Waals surface area contributed by atoms with Crippen molar-refractivity contribution in [3.8, 4) is 0 Å². The average molecular weight is 238 g/mol. The first-order valence-electron chi connectivity index (χ1n) is 6.38. The molecule has 1 aromatic heterocycles. The summed E-state index contributed by atoms with van der Waals surface area (Å²) in [7, 11) is 1.94. The van der Waals surface area contributed by atoms with Crippen LogP contribution in [-0.4, -0.2) is 40.1 Å². The number of ether oxygens (including phenoxy) is 1. The second kappa shape index (κ2) is 5.60. The van der Waals surface area contributed by atoms with Crippen LogP contribution in [0.25, 0.3) is 0 Å². The molecule has 1 saturated heterocycles. The molecule has 2 rings (SSSR count). The molecule has 0 amide bonds. The molecule has 3 atom stereocenters. The fourth-order valence-corrected chi connectivity index (χ4v) is 2.50. The molecule has 0 spiro atoms. The van der Waals surface area contributed by atoms with Crippen molar-refractivity contribution in [1.82, 2.24) is 20.1 Å². The lowest BCUT2D eigenvalue weighted by Gasteiger charge is -2.22. The van der Waals surface area contributed by atoms with Crippen LogP contribution in [0.2, 0.25) is 0 Å². The second-order valence-corrected chi connectivity index (χ2v) is 4.81. The van der Waals surface area contributed by atoms with Gasteiger partial charge in [0.2, 0.25) is 0 Å². The summed E-state index contributed by atoms with van der Waals surface area (Å²) in [6.07, 6.45) is 4.06. The lowest BCUT2D eigenvalue weighted by atomic mass is 9.94. The Morgan fingerprint density at radius 2 is 2.47 bits per heavy atom. The SMILES string of the molecule is CCNC(Cc1ncnn1C)C1COC(C)C1. The fraction of sp³-hybridized carbons (Fsp3) is 0.833. The van der Waals surface area contributed by atoms with Crippen molar-refractivity contribution in [3.05, 3.63) is 12.2 Å². The third kappa shape index (κ3) is 3.04. The number of hydrogen-bond acceptors (Lipinski definition) is 4. The van der Waals surface area contributed by atoms with Crippen LogP contribution in [-0.2, 0) is 18.2 Å². The number of likely N-dealkylation sites (N-methyl/N-ethyl adjacent to an activating group) is 1. The van der Waals surface area contributed by atoms with Gasteiger partial charge in [0.05, 0.1) is 12.7 Å². The van der Waals surface area contributed by atoms with Gasteiger partial charge in [0, 0.05) is 25.4 Å². The Bertz CT molecular complexity index is 352. The van der Waals surface area contributed by atoms with E-state index in [4.69, 9.17) is 4.74 Å². The van der Waals surface area contributed by atoms with Crippen molar-refractivity contribution in [2.24, 2.45) is 13.0 Å². The highest BCUT2D eigenvalue weighted by atomic mass is 16.5. The number of hydrogen-bond donors (Lipinski definition) is 1. The van der Waals surface area contributed by atoms with E-state index in [9.17, 15) is 0 Å². The van der Waals surface area contributed by atoms with Crippen molar-refractivity contribution < 1.29 is 4.74 Å². The third-order valence-corrected chi connectivity index (χ3v) is 3.47. The number of nitrogens with one attached hydrogen (secondary N) is 1. The highest BCUT2D eigenvalue weighted by Crippen LogP contribution is 2.23. The topological polar surface area (TPSA) is 52.0 Å². The number of aromatic nitrogens is 3. The lowest BCUT2D eigenvalue weighted by molar-refractivity contribution is 0.116. The second-order valence-electron chi connectivity index (χ2n) is 4.81. The Morgan fingerprint density at radius 3 is 3.00 bits per heavy atom. The van der Waals surface area contributed by atoms with Crippen molar-refractivity contribution in [3.63, 3.8) is 0 Å². The maximum absolute atomic E-state index is 5.66. The molecule has 2 heterocycles. The Labute approximate surface area is 103 Å². The van der Waals surface area contributed by atoms with Crippen molar-refractivity contribution in [2.45, 2.75) is 38.8 Å². The van der Waals surface area contributed by atoms with Crippen LogP contribution in [0.4, 0.5) is 0 Å². The zero-order valence-corrected chi connectivity index (χ0v) is 10.9. The summed E-state index contributed by atoms with van der Waals surface area (Å²) in [5.41, 5.74) is 0. The Balaban J connectivity index is 2.00. The predicted octanol–water partition coefficient (Wildman–Crippen LogP) is 0.761. The molecule has 0 saturated carbocycles. The first-order valence-corrected chi connectivity index (χ1v) is 6.38. The van der Waals surface area contributed by atoms with E-state index in [-0.39, 0.29) is 0 Å². The van der Waals surface area contributed by atoms with E-state index in [0.717, 1.165) is 31.8 Å². The van der Waals surface area contributed by atoms with Gasteiger partial charge in [-0.15, -0.1) is 0 Å². The molecule has 0 aliphatic carbocycles. The summed E-state index contributed by atoms with van der Waals surface area (Å²) < 4.78 is 7.51. The van der Waals surface area contributed by atoms with Crippen LogP contribution in [0, 0.1) is 5.92 Å². The third-order valence-electron chi connectivity index (χ3n) is 3.47. The van der Waals surface area contributed by atoms with Gasteiger partial charge in [-0.05, 0) is 19.9 Å². The van der Waals surface area contributed by atoms with Gasteiger partial charge in [-0.2, -0.15) is 5.10 Å². The highest BCUT2D eigenvalue weighted by Gasteiger charge is 2.29. The summed E-state index contributed by atoms with van der Waals surface area (Å²) in [6.45, 7) is 6.12. The molecule has 1 aliphatic rings. The van der Waals surface area contributed by atoms with Gasteiger partial charge in [-0.25, -0.2) is 4.98 Å². The maximum atomic E-state index is 5.66. The number of rotatable bonds is 5. The zero-order chi connectivity index (χ0) is 12.3. The summed E-state index contributed by atoms with van der Waals surface area (Å²) in [5.74, 6) is 1.62. The zero-order valence-electron chi connectivity index (χ0n) is 10.9. The van der Waals surface area contributed by atoms with E-state index in [1.807, 2.05) is 11.7 Å². The quantitative estimate of drug-likeness (QED) is 0.823. The molecule has 0 radical (unpaired) electrons. The van der Waals surface area contributed by atoms with Crippen LogP contribution in [0.1, 0.15) is 26.1 Å². The summed E-state index contributed by atoms with van der Waals surface area (Å²) in [6, 6.07) is 0.438. The van der Waals surface area contributed by atoms with Gasteiger partial charge >= 0.3 is 0 Å². The average Bonchev–Trinajstić information content (AvgIpc) is 2.88. The maximum Gasteiger partial charge on any atom is 0.138 e. The van der Waals surface area contributed by atoms with Crippen LogP contribution >= 0.6 is 0 Å². The van der Waals surface area contributed by atoms with Gasteiger partial charge < -0.3 is 10.1 Å². The molecule has 3 unspecified atom stereocenters. The van der Waals surface area contributed by atoms with Crippen LogP contribution < -0.4 is 5.32 Å². The Morgan fingerprint density at radius 1 is 1.65 bits per heavy atom. The molecular formula is C12H22N4O. The Kier molecular flexibility index (Phi) is 4.12. The highest BCUT2D eigenvalue weighted by molar-refractivity contribution is 4.93.